The number of aliphatic hydroxyl groups excluding tert-OH is 1. The number of primary amides is 1. The molecule has 0 aliphatic heterocycles. The standard InChI is InChI=1S/C15H19N3O4S/c1-21-12-3-10(4-13(5-12)22-2)9-23-15-17-6-11(8-19)18(15)7-14(16)20/h3-6,19H,7-9H2,1-2H3,(H2,16,20). The third-order valence-corrected chi connectivity index (χ3v) is 4.22. The molecule has 1 amide bonds. The number of hydrogen-bond acceptors (Lipinski definition) is 6. The van der Waals surface area contributed by atoms with Crippen molar-refractivity contribution in [3.05, 3.63) is 35.7 Å². The molecule has 0 bridgehead atoms. The first-order valence-electron chi connectivity index (χ1n) is 6.85. The number of amides is 1. The normalized spacial score (nSPS) is 10.6. The molecule has 1 heterocycles. The fraction of sp³-hybridized carbons (Fsp3) is 0.333. The maximum atomic E-state index is 11.2. The number of hydrogen-bond donors (Lipinski definition) is 2. The van der Waals surface area contributed by atoms with E-state index in [0.29, 0.717) is 28.1 Å². The number of nitrogens with two attached hydrogens (primary N) is 1. The van der Waals surface area contributed by atoms with E-state index in [4.69, 9.17) is 15.2 Å². The van der Waals surface area contributed by atoms with E-state index in [9.17, 15) is 9.90 Å². The summed E-state index contributed by atoms with van der Waals surface area (Å²) in [6.45, 7) is -0.215. The maximum absolute atomic E-state index is 11.2. The molecule has 124 valence electrons. The molecule has 0 aliphatic rings. The Morgan fingerprint density at radius 1 is 1.30 bits per heavy atom. The van der Waals surface area contributed by atoms with Gasteiger partial charge >= 0.3 is 0 Å². The molecule has 1 aromatic carbocycles. The average Bonchev–Trinajstić information content (AvgIpc) is 2.93. The highest BCUT2D eigenvalue weighted by Crippen LogP contribution is 2.28. The summed E-state index contributed by atoms with van der Waals surface area (Å²) in [5.74, 6) is 1.53. The van der Waals surface area contributed by atoms with E-state index in [1.54, 1.807) is 24.9 Å². The zero-order chi connectivity index (χ0) is 16.8. The van der Waals surface area contributed by atoms with Gasteiger partial charge < -0.3 is 24.9 Å². The number of rotatable bonds is 8. The number of aliphatic hydroxyl groups is 1. The van der Waals surface area contributed by atoms with Crippen LogP contribution < -0.4 is 15.2 Å². The summed E-state index contributed by atoms with van der Waals surface area (Å²) in [6.07, 6.45) is 1.54. The molecular weight excluding hydrogens is 318 g/mol. The average molecular weight is 337 g/mol. The second-order valence-electron chi connectivity index (χ2n) is 4.75. The highest BCUT2D eigenvalue weighted by Gasteiger charge is 2.12. The minimum atomic E-state index is -0.484. The first-order valence-corrected chi connectivity index (χ1v) is 7.84. The summed E-state index contributed by atoms with van der Waals surface area (Å²) in [6, 6.07) is 5.61. The summed E-state index contributed by atoms with van der Waals surface area (Å²) in [5, 5.41) is 9.93. The number of methoxy groups -OCH3 is 2. The fourth-order valence-electron chi connectivity index (χ4n) is 2.06. The molecular formula is C15H19N3O4S. The highest BCUT2D eigenvalue weighted by molar-refractivity contribution is 7.98. The second-order valence-corrected chi connectivity index (χ2v) is 5.69. The Morgan fingerprint density at radius 2 is 1.96 bits per heavy atom. The lowest BCUT2D eigenvalue weighted by Crippen LogP contribution is -2.20. The van der Waals surface area contributed by atoms with E-state index < -0.39 is 5.91 Å². The van der Waals surface area contributed by atoms with Gasteiger partial charge in [-0.15, -0.1) is 0 Å². The third-order valence-electron chi connectivity index (χ3n) is 3.16. The molecule has 1 aromatic heterocycles. The number of imidazole rings is 1. The van der Waals surface area contributed by atoms with Crippen molar-refractivity contribution in [2.45, 2.75) is 24.1 Å². The van der Waals surface area contributed by atoms with Crippen molar-refractivity contribution in [1.29, 1.82) is 0 Å². The van der Waals surface area contributed by atoms with Gasteiger partial charge in [0.2, 0.25) is 5.91 Å². The maximum Gasteiger partial charge on any atom is 0.237 e. The number of thioether (sulfide) groups is 1. The molecule has 0 fully saturated rings. The van der Waals surface area contributed by atoms with Crippen LogP contribution in [0.3, 0.4) is 0 Å². The monoisotopic (exact) mass is 337 g/mol. The molecule has 0 spiro atoms. The van der Waals surface area contributed by atoms with Crippen LogP contribution in [0, 0.1) is 0 Å². The van der Waals surface area contributed by atoms with Gasteiger partial charge in [-0.2, -0.15) is 0 Å². The summed E-state index contributed by atoms with van der Waals surface area (Å²) < 4.78 is 12.1. The van der Waals surface area contributed by atoms with Gasteiger partial charge in [-0.05, 0) is 17.7 Å². The Kier molecular flexibility index (Phi) is 5.89. The lowest BCUT2D eigenvalue weighted by Gasteiger charge is -2.10. The molecule has 0 atom stereocenters. The highest BCUT2D eigenvalue weighted by atomic mass is 32.2. The van der Waals surface area contributed by atoms with E-state index >= 15 is 0 Å². The van der Waals surface area contributed by atoms with E-state index in [2.05, 4.69) is 4.98 Å². The van der Waals surface area contributed by atoms with Crippen LogP contribution in [0.5, 0.6) is 11.5 Å². The van der Waals surface area contributed by atoms with Gasteiger partial charge in [-0.3, -0.25) is 4.79 Å². The number of ether oxygens (including phenoxy) is 2. The van der Waals surface area contributed by atoms with Crippen LogP contribution in [0.25, 0.3) is 0 Å². The Bertz CT molecular complexity index is 665. The van der Waals surface area contributed by atoms with E-state index in [1.807, 2.05) is 12.1 Å². The molecule has 0 saturated heterocycles. The second kappa shape index (κ2) is 7.89. The summed E-state index contributed by atoms with van der Waals surface area (Å²) in [7, 11) is 3.19. The molecule has 23 heavy (non-hydrogen) atoms. The number of nitrogens with zero attached hydrogens (tertiary/aromatic N) is 2. The first-order chi connectivity index (χ1) is 11.1. The van der Waals surface area contributed by atoms with Crippen molar-refractivity contribution in [3.63, 3.8) is 0 Å². The van der Waals surface area contributed by atoms with Gasteiger partial charge in [0.25, 0.3) is 0 Å². The van der Waals surface area contributed by atoms with Gasteiger partial charge in [-0.25, -0.2) is 4.98 Å². The third kappa shape index (κ3) is 4.40. The zero-order valence-corrected chi connectivity index (χ0v) is 13.8. The zero-order valence-electron chi connectivity index (χ0n) is 13.0. The molecule has 0 radical (unpaired) electrons. The Labute approximate surface area is 138 Å². The van der Waals surface area contributed by atoms with Crippen molar-refractivity contribution >= 4 is 17.7 Å². The summed E-state index contributed by atoms with van der Waals surface area (Å²) in [5.41, 5.74) is 6.79. The molecule has 0 aliphatic carbocycles. The van der Waals surface area contributed by atoms with Gasteiger partial charge in [0.05, 0.1) is 32.7 Å². The van der Waals surface area contributed by atoms with Crippen LogP contribution in [-0.2, 0) is 23.7 Å². The van der Waals surface area contributed by atoms with Gasteiger partial charge in [0.15, 0.2) is 5.16 Å². The molecule has 3 N–H and O–H groups in total. The SMILES string of the molecule is COc1cc(CSc2ncc(CO)n2CC(N)=O)cc(OC)c1. The van der Waals surface area contributed by atoms with E-state index in [1.165, 1.54) is 18.0 Å². The van der Waals surface area contributed by atoms with Gasteiger partial charge in [-0.1, -0.05) is 11.8 Å². The van der Waals surface area contributed by atoms with Crippen LogP contribution >= 0.6 is 11.8 Å². The fourth-order valence-corrected chi connectivity index (χ4v) is 2.98. The molecule has 2 rings (SSSR count). The van der Waals surface area contributed by atoms with Crippen molar-refractivity contribution in [3.8, 4) is 11.5 Å². The smallest absolute Gasteiger partial charge is 0.237 e. The predicted molar refractivity (Wildman–Crippen MR) is 86.5 cm³/mol. The number of carbonyl (C=O) groups excluding carboxylic acids is 1. The minimum Gasteiger partial charge on any atom is -0.497 e. The van der Waals surface area contributed by atoms with Crippen LogP contribution in [0.1, 0.15) is 11.3 Å². The number of benzene rings is 1. The van der Waals surface area contributed by atoms with Crippen LogP contribution in [0.15, 0.2) is 29.6 Å². The molecule has 0 unspecified atom stereocenters. The van der Waals surface area contributed by atoms with Crippen molar-refractivity contribution in [2.75, 3.05) is 14.2 Å². The quantitative estimate of drug-likeness (QED) is 0.702. The van der Waals surface area contributed by atoms with Crippen LogP contribution in [-0.4, -0.2) is 34.8 Å². The Morgan fingerprint density at radius 3 is 2.48 bits per heavy atom. The van der Waals surface area contributed by atoms with E-state index in [-0.39, 0.29) is 13.2 Å². The molecule has 2 aromatic rings. The minimum absolute atomic E-state index is 0.0142. The topological polar surface area (TPSA) is 99.6 Å². The van der Waals surface area contributed by atoms with Crippen LogP contribution in [0.2, 0.25) is 0 Å². The van der Waals surface area contributed by atoms with Crippen molar-refractivity contribution < 1.29 is 19.4 Å². The van der Waals surface area contributed by atoms with Gasteiger partial charge in [0.1, 0.15) is 18.0 Å². The molecule has 0 saturated carbocycles. The van der Waals surface area contributed by atoms with Crippen LogP contribution in [0.4, 0.5) is 0 Å². The molecule has 7 nitrogen and oxygen atoms in total. The van der Waals surface area contributed by atoms with Crippen molar-refractivity contribution in [2.24, 2.45) is 5.73 Å². The molecule has 8 heteroatoms. The lowest BCUT2D eigenvalue weighted by molar-refractivity contribution is -0.118. The predicted octanol–water partition coefficient (Wildman–Crippen LogP) is 1.17. The summed E-state index contributed by atoms with van der Waals surface area (Å²) >= 11 is 1.44. The Balaban J connectivity index is 2.17. The first kappa shape index (κ1) is 17.2. The van der Waals surface area contributed by atoms with E-state index in [0.717, 1.165) is 5.56 Å². The number of carbonyl (C=O) groups is 1. The van der Waals surface area contributed by atoms with Gasteiger partial charge in [0, 0.05) is 11.8 Å². The summed E-state index contributed by atoms with van der Waals surface area (Å²) in [4.78, 5) is 15.4. The Hall–Kier alpha value is -2.19. The number of aromatic nitrogens is 2. The van der Waals surface area contributed by atoms with Crippen molar-refractivity contribution in [1.82, 2.24) is 9.55 Å². The largest absolute Gasteiger partial charge is 0.497 e. The lowest BCUT2D eigenvalue weighted by atomic mass is 10.2.